The molecule has 0 saturated carbocycles. The summed E-state index contributed by atoms with van der Waals surface area (Å²) in [6.45, 7) is 5.59. The van der Waals surface area contributed by atoms with Crippen molar-refractivity contribution in [2.75, 3.05) is 30.4 Å². The van der Waals surface area contributed by atoms with Gasteiger partial charge >= 0.3 is 0 Å². The standard InChI is InChI=1S/C25H30N4OS/c1-19-26-22(18-31-19)17-29-14-12-21(13-15-29)25(30)27-23-10-6-7-11-24(23)28(2)16-20-8-4-3-5-9-20/h3-11,18,21H,12-17H2,1-2H3,(H,27,30). The number of thiazole rings is 1. The molecule has 1 N–H and O–H groups in total. The predicted molar refractivity (Wildman–Crippen MR) is 128 cm³/mol. The van der Waals surface area contributed by atoms with Gasteiger partial charge in [0.15, 0.2) is 0 Å². The maximum Gasteiger partial charge on any atom is 0.227 e. The van der Waals surface area contributed by atoms with Gasteiger partial charge in [-0.25, -0.2) is 4.98 Å². The molecule has 0 radical (unpaired) electrons. The van der Waals surface area contributed by atoms with Gasteiger partial charge in [0.05, 0.1) is 22.1 Å². The number of piperidine rings is 1. The number of para-hydroxylation sites is 2. The molecule has 1 saturated heterocycles. The summed E-state index contributed by atoms with van der Waals surface area (Å²) in [5, 5.41) is 6.45. The minimum atomic E-state index is 0.0564. The maximum atomic E-state index is 13.0. The Kier molecular flexibility index (Phi) is 6.99. The molecule has 5 nitrogen and oxygen atoms in total. The number of carbonyl (C=O) groups excluding carboxylic acids is 1. The van der Waals surface area contributed by atoms with Gasteiger partial charge in [0.25, 0.3) is 0 Å². The van der Waals surface area contributed by atoms with Gasteiger partial charge in [-0.3, -0.25) is 9.69 Å². The predicted octanol–water partition coefficient (Wildman–Crippen LogP) is 4.94. The second kappa shape index (κ2) is 10.1. The van der Waals surface area contributed by atoms with Crippen molar-refractivity contribution in [3.8, 4) is 0 Å². The lowest BCUT2D eigenvalue weighted by Crippen LogP contribution is -2.38. The minimum absolute atomic E-state index is 0.0564. The molecule has 1 aliphatic rings. The molecule has 31 heavy (non-hydrogen) atoms. The summed E-state index contributed by atoms with van der Waals surface area (Å²) in [6, 6.07) is 18.4. The molecule has 0 atom stereocenters. The number of rotatable bonds is 7. The smallest absolute Gasteiger partial charge is 0.227 e. The number of nitrogens with one attached hydrogen (secondary N) is 1. The van der Waals surface area contributed by atoms with E-state index in [1.54, 1.807) is 11.3 Å². The summed E-state index contributed by atoms with van der Waals surface area (Å²) in [6.07, 6.45) is 1.77. The van der Waals surface area contributed by atoms with Crippen LogP contribution in [0, 0.1) is 12.8 Å². The van der Waals surface area contributed by atoms with Crippen LogP contribution in [0.25, 0.3) is 0 Å². The number of anilines is 2. The fraction of sp³-hybridized carbons (Fsp3) is 0.360. The molecule has 0 spiro atoms. The van der Waals surface area contributed by atoms with E-state index in [0.717, 1.165) is 61.1 Å². The first-order chi connectivity index (χ1) is 15.1. The van der Waals surface area contributed by atoms with Crippen molar-refractivity contribution in [2.45, 2.75) is 32.9 Å². The number of aromatic nitrogens is 1. The lowest BCUT2D eigenvalue weighted by molar-refractivity contribution is -0.121. The van der Waals surface area contributed by atoms with E-state index in [1.807, 2.05) is 31.2 Å². The Hall–Kier alpha value is -2.70. The van der Waals surface area contributed by atoms with Crippen LogP contribution >= 0.6 is 11.3 Å². The molecule has 1 aliphatic heterocycles. The van der Waals surface area contributed by atoms with Crippen LogP contribution in [0.1, 0.15) is 29.1 Å². The van der Waals surface area contributed by atoms with Gasteiger partial charge in [-0.15, -0.1) is 11.3 Å². The summed E-state index contributed by atoms with van der Waals surface area (Å²) in [4.78, 5) is 22.2. The molecule has 3 aromatic rings. The maximum absolute atomic E-state index is 13.0. The number of hydrogen-bond acceptors (Lipinski definition) is 5. The van der Waals surface area contributed by atoms with Crippen molar-refractivity contribution in [3.05, 3.63) is 76.2 Å². The number of nitrogens with zero attached hydrogens (tertiary/aromatic N) is 3. The highest BCUT2D eigenvalue weighted by molar-refractivity contribution is 7.09. The number of hydrogen-bond donors (Lipinski definition) is 1. The molecule has 4 rings (SSSR count). The Labute approximate surface area is 188 Å². The van der Waals surface area contributed by atoms with E-state index in [1.165, 1.54) is 5.56 Å². The SMILES string of the molecule is Cc1nc(CN2CCC(C(=O)Nc3ccccc3N(C)Cc3ccccc3)CC2)cs1. The van der Waals surface area contributed by atoms with Gasteiger partial charge in [-0.1, -0.05) is 42.5 Å². The van der Waals surface area contributed by atoms with E-state index in [0.29, 0.717) is 0 Å². The molecular formula is C25H30N4OS. The van der Waals surface area contributed by atoms with Crippen LogP contribution in [0.4, 0.5) is 11.4 Å². The van der Waals surface area contributed by atoms with Gasteiger partial charge in [-0.2, -0.15) is 0 Å². The number of benzene rings is 2. The van der Waals surface area contributed by atoms with E-state index in [9.17, 15) is 4.79 Å². The van der Waals surface area contributed by atoms with Gasteiger partial charge in [0.1, 0.15) is 0 Å². The average Bonchev–Trinajstić information content (AvgIpc) is 3.19. The second-order valence-corrected chi connectivity index (χ2v) is 9.32. The first-order valence-electron chi connectivity index (χ1n) is 10.9. The fourth-order valence-corrected chi connectivity index (χ4v) is 4.76. The highest BCUT2D eigenvalue weighted by Gasteiger charge is 2.26. The molecule has 2 heterocycles. The summed E-state index contributed by atoms with van der Waals surface area (Å²) in [7, 11) is 2.07. The first-order valence-corrected chi connectivity index (χ1v) is 11.7. The Morgan fingerprint density at radius 3 is 2.55 bits per heavy atom. The molecule has 1 fully saturated rings. The van der Waals surface area contributed by atoms with Crippen LogP contribution in [-0.2, 0) is 17.9 Å². The van der Waals surface area contributed by atoms with Crippen molar-refractivity contribution in [1.29, 1.82) is 0 Å². The van der Waals surface area contributed by atoms with Crippen molar-refractivity contribution >= 4 is 28.6 Å². The summed E-state index contributed by atoms with van der Waals surface area (Å²) in [5.41, 5.74) is 4.30. The van der Waals surface area contributed by atoms with Crippen molar-refractivity contribution < 1.29 is 4.79 Å². The molecule has 2 aromatic carbocycles. The zero-order valence-electron chi connectivity index (χ0n) is 18.3. The number of carbonyl (C=O) groups is 1. The highest BCUT2D eigenvalue weighted by atomic mass is 32.1. The Morgan fingerprint density at radius 1 is 1.13 bits per heavy atom. The normalized spacial score (nSPS) is 15.0. The summed E-state index contributed by atoms with van der Waals surface area (Å²) in [5.74, 6) is 0.186. The largest absolute Gasteiger partial charge is 0.369 e. The fourth-order valence-electron chi connectivity index (χ4n) is 4.15. The van der Waals surface area contributed by atoms with Crippen molar-refractivity contribution in [3.63, 3.8) is 0 Å². The topological polar surface area (TPSA) is 48.5 Å². The lowest BCUT2D eigenvalue weighted by atomic mass is 9.95. The van der Waals surface area contributed by atoms with Crippen LogP contribution in [0.2, 0.25) is 0 Å². The van der Waals surface area contributed by atoms with Gasteiger partial charge in [-0.05, 0) is 50.6 Å². The molecule has 162 valence electrons. The third-order valence-electron chi connectivity index (χ3n) is 5.85. The molecular weight excluding hydrogens is 404 g/mol. The number of likely N-dealkylation sites (tertiary alicyclic amines) is 1. The van der Waals surface area contributed by atoms with E-state index in [-0.39, 0.29) is 11.8 Å². The molecule has 6 heteroatoms. The van der Waals surface area contributed by atoms with E-state index in [4.69, 9.17) is 0 Å². The summed E-state index contributed by atoms with van der Waals surface area (Å²) < 4.78 is 0. The van der Waals surface area contributed by atoms with E-state index >= 15 is 0 Å². The van der Waals surface area contributed by atoms with Gasteiger partial charge in [0.2, 0.25) is 5.91 Å². The van der Waals surface area contributed by atoms with Crippen LogP contribution in [0.5, 0.6) is 0 Å². The van der Waals surface area contributed by atoms with Crippen LogP contribution in [-0.4, -0.2) is 35.9 Å². The monoisotopic (exact) mass is 434 g/mol. The Balaban J connectivity index is 1.34. The molecule has 0 bridgehead atoms. The zero-order valence-corrected chi connectivity index (χ0v) is 19.1. The van der Waals surface area contributed by atoms with Crippen molar-refractivity contribution in [2.24, 2.45) is 5.92 Å². The minimum Gasteiger partial charge on any atom is -0.369 e. The summed E-state index contributed by atoms with van der Waals surface area (Å²) >= 11 is 1.70. The van der Waals surface area contributed by atoms with E-state index in [2.05, 4.69) is 62.9 Å². The first kappa shape index (κ1) is 21.5. The quantitative estimate of drug-likeness (QED) is 0.572. The molecule has 1 amide bonds. The van der Waals surface area contributed by atoms with Crippen LogP contribution in [0.3, 0.4) is 0 Å². The van der Waals surface area contributed by atoms with Crippen molar-refractivity contribution in [1.82, 2.24) is 9.88 Å². The highest BCUT2D eigenvalue weighted by Crippen LogP contribution is 2.28. The van der Waals surface area contributed by atoms with Crippen LogP contribution in [0.15, 0.2) is 60.0 Å². The molecule has 0 unspecified atom stereocenters. The molecule has 0 aliphatic carbocycles. The molecule has 1 aromatic heterocycles. The number of amides is 1. The van der Waals surface area contributed by atoms with E-state index < -0.39 is 0 Å². The third-order valence-corrected chi connectivity index (χ3v) is 6.67. The lowest BCUT2D eigenvalue weighted by Gasteiger charge is -2.31. The van der Waals surface area contributed by atoms with Gasteiger partial charge in [0, 0.05) is 31.4 Å². The number of aryl methyl sites for hydroxylation is 1. The third kappa shape index (κ3) is 5.71. The van der Waals surface area contributed by atoms with Crippen LogP contribution < -0.4 is 10.2 Å². The average molecular weight is 435 g/mol. The second-order valence-electron chi connectivity index (χ2n) is 8.26. The zero-order chi connectivity index (χ0) is 21.6. The van der Waals surface area contributed by atoms with Gasteiger partial charge < -0.3 is 10.2 Å². The Bertz CT molecular complexity index is 996. The Morgan fingerprint density at radius 2 is 1.84 bits per heavy atom.